The third kappa shape index (κ3) is 3.35. The van der Waals surface area contributed by atoms with Gasteiger partial charge in [0.05, 0.1) is 17.1 Å². The number of piperidine rings is 1. The Morgan fingerprint density at radius 2 is 1.88 bits per heavy atom. The van der Waals surface area contributed by atoms with Gasteiger partial charge >= 0.3 is 5.69 Å². The zero-order valence-corrected chi connectivity index (χ0v) is 14.9. The van der Waals surface area contributed by atoms with E-state index < -0.39 is 6.04 Å². The topological polar surface area (TPSA) is 84.1 Å². The number of rotatable bonds is 3. The highest BCUT2D eigenvalue weighted by molar-refractivity contribution is 5.85. The fraction of sp³-hybridized carbons (Fsp3) is 0.529. The third-order valence-corrected chi connectivity index (χ3v) is 4.77. The van der Waals surface area contributed by atoms with Gasteiger partial charge in [0.15, 0.2) is 0 Å². The van der Waals surface area contributed by atoms with E-state index in [0.717, 1.165) is 23.9 Å². The average Bonchev–Trinajstić information content (AvgIpc) is 2.89. The molecule has 1 aromatic carbocycles. The molecule has 1 aliphatic heterocycles. The highest BCUT2D eigenvalue weighted by atomic mass is 35.5. The molecule has 3 rings (SSSR count). The Labute approximate surface area is 147 Å². The molecular formula is C17H25ClN4O2. The average molecular weight is 353 g/mol. The summed E-state index contributed by atoms with van der Waals surface area (Å²) in [6.07, 6.45) is 1.55. The van der Waals surface area contributed by atoms with E-state index in [1.807, 2.05) is 47.6 Å². The van der Waals surface area contributed by atoms with Crippen molar-refractivity contribution in [1.82, 2.24) is 14.5 Å². The van der Waals surface area contributed by atoms with E-state index in [9.17, 15) is 9.59 Å². The van der Waals surface area contributed by atoms with Crippen molar-refractivity contribution in [3.05, 3.63) is 34.7 Å². The van der Waals surface area contributed by atoms with Crippen LogP contribution in [0.3, 0.4) is 0 Å². The summed E-state index contributed by atoms with van der Waals surface area (Å²) < 4.78 is 1.83. The Morgan fingerprint density at radius 3 is 2.50 bits per heavy atom. The molecule has 1 fully saturated rings. The van der Waals surface area contributed by atoms with E-state index in [1.165, 1.54) is 0 Å². The number of carbonyl (C=O) groups is 1. The number of aromatic nitrogens is 2. The van der Waals surface area contributed by atoms with Gasteiger partial charge in [0, 0.05) is 19.1 Å². The minimum Gasteiger partial charge on any atom is -0.341 e. The molecule has 1 atom stereocenters. The summed E-state index contributed by atoms with van der Waals surface area (Å²) in [5, 5.41) is 0. The van der Waals surface area contributed by atoms with Gasteiger partial charge in [-0.3, -0.25) is 9.36 Å². The Hall–Kier alpha value is -1.79. The van der Waals surface area contributed by atoms with Gasteiger partial charge in [0.2, 0.25) is 5.91 Å². The SMILES string of the molecule is CC(C)[C@H](N)C(=O)N1CCC(n2c(=O)[nH]c3ccccc32)CC1.Cl. The molecular weight excluding hydrogens is 328 g/mol. The lowest BCUT2D eigenvalue weighted by molar-refractivity contribution is -0.134. The first-order valence-electron chi connectivity index (χ1n) is 8.22. The van der Waals surface area contributed by atoms with Crippen molar-refractivity contribution in [2.24, 2.45) is 11.7 Å². The molecule has 24 heavy (non-hydrogen) atoms. The summed E-state index contributed by atoms with van der Waals surface area (Å²) in [5.41, 5.74) is 7.68. The van der Waals surface area contributed by atoms with Gasteiger partial charge in [0.1, 0.15) is 0 Å². The molecule has 0 spiro atoms. The number of nitrogens with one attached hydrogen (secondary N) is 1. The van der Waals surface area contributed by atoms with Crippen LogP contribution in [0, 0.1) is 5.92 Å². The van der Waals surface area contributed by atoms with Gasteiger partial charge in [0.25, 0.3) is 0 Å². The Kier molecular flexibility index (Phi) is 5.72. The maximum Gasteiger partial charge on any atom is 0.326 e. The fourth-order valence-corrected chi connectivity index (χ4v) is 3.28. The number of aromatic amines is 1. The summed E-state index contributed by atoms with van der Waals surface area (Å²) in [7, 11) is 0. The molecule has 2 aromatic rings. The lowest BCUT2D eigenvalue weighted by Crippen LogP contribution is -2.49. The smallest absolute Gasteiger partial charge is 0.326 e. The second-order valence-electron chi connectivity index (χ2n) is 6.64. The molecule has 0 unspecified atom stereocenters. The number of halogens is 1. The Morgan fingerprint density at radius 1 is 1.25 bits per heavy atom. The molecule has 1 saturated heterocycles. The molecule has 0 bridgehead atoms. The van der Waals surface area contributed by atoms with Crippen molar-refractivity contribution in [3.8, 4) is 0 Å². The zero-order chi connectivity index (χ0) is 16.6. The van der Waals surface area contributed by atoms with Crippen LogP contribution in [0.4, 0.5) is 0 Å². The largest absolute Gasteiger partial charge is 0.341 e. The number of carbonyl (C=O) groups excluding carboxylic acids is 1. The van der Waals surface area contributed by atoms with E-state index in [0.29, 0.717) is 13.1 Å². The molecule has 7 heteroatoms. The standard InChI is InChI=1S/C17H24N4O2.ClH/c1-11(2)15(18)16(22)20-9-7-12(8-10-20)21-14-6-4-3-5-13(14)19-17(21)23;/h3-6,11-12,15H,7-10,18H2,1-2H3,(H,19,23);1H/t15-;/m0./s1. The van der Waals surface area contributed by atoms with Crippen molar-refractivity contribution >= 4 is 29.3 Å². The van der Waals surface area contributed by atoms with Crippen LogP contribution in [0.25, 0.3) is 11.0 Å². The van der Waals surface area contributed by atoms with Crippen LogP contribution in [-0.4, -0.2) is 39.5 Å². The van der Waals surface area contributed by atoms with E-state index in [1.54, 1.807) is 0 Å². The molecule has 3 N–H and O–H groups in total. The molecule has 1 amide bonds. The van der Waals surface area contributed by atoms with Crippen molar-refractivity contribution in [2.45, 2.75) is 38.8 Å². The first kappa shape index (κ1) is 18.5. The van der Waals surface area contributed by atoms with Gasteiger partial charge in [-0.15, -0.1) is 12.4 Å². The molecule has 0 aliphatic carbocycles. The molecule has 132 valence electrons. The van der Waals surface area contributed by atoms with Crippen LogP contribution >= 0.6 is 12.4 Å². The Bertz CT molecular complexity index is 759. The quantitative estimate of drug-likeness (QED) is 0.884. The predicted molar refractivity (Wildman–Crippen MR) is 97.5 cm³/mol. The number of nitrogens with two attached hydrogens (primary N) is 1. The van der Waals surface area contributed by atoms with Crippen LogP contribution in [0.1, 0.15) is 32.7 Å². The maximum atomic E-state index is 12.3. The van der Waals surface area contributed by atoms with Crippen LogP contribution < -0.4 is 11.4 Å². The summed E-state index contributed by atoms with van der Waals surface area (Å²) in [4.78, 5) is 29.3. The van der Waals surface area contributed by atoms with Crippen LogP contribution in [0.5, 0.6) is 0 Å². The highest BCUT2D eigenvalue weighted by Crippen LogP contribution is 2.25. The Balaban J connectivity index is 0.00000208. The van der Waals surface area contributed by atoms with Gasteiger partial charge in [-0.25, -0.2) is 4.79 Å². The van der Waals surface area contributed by atoms with E-state index in [-0.39, 0.29) is 36.0 Å². The van der Waals surface area contributed by atoms with Crippen molar-refractivity contribution in [1.29, 1.82) is 0 Å². The summed E-state index contributed by atoms with van der Waals surface area (Å²) in [6.45, 7) is 5.22. The number of amides is 1. The molecule has 0 radical (unpaired) electrons. The van der Waals surface area contributed by atoms with Crippen molar-refractivity contribution in [3.63, 3.8) is 0 Å². The van der Waals surface area contributed by atoms with Crippen LogP contribution in [0.2, 0.25) is 0 Å². The lowest BCUT2D eigenvalue weighted by Gasteiger charge is -2.34. The van der Waals surface area contributed by atoms with Crippen molar-refractivity contribution in [2.75, 3.05) is 13.1 Å². The number of hydrogen-bond donors (Lipinski definition) is 2. The van der Waals surface area contributed by atoms with E-state index >= 15 is 0 Å². The molecule has 0 saturated carbocycles. The molecule has 2 heterocycles. The van der Waals surface area contributed by atoms with Crippen LogP contribution in [-0.2, 0) is 4.79 Å². The molecule has 1 aliphatic rings. The van der Waals surface area contributed by atoms with Gasteiger partial charge < -0.3 is 15.6 Å². The predicted octanol–water partition coefficient (Wildman–Crippen LogP) is 1.90. The van der Waals surface area contributed by atoms with Gasteiger partial charge in [-0.05, 0) is 30.9 Å². The second-order valence-corrected chi connectivity index (χ2v) is 6.64. The van der Waals surface area contributed by atoms with Gasteiger partial charge in [-0.1, -0.05) is 26.0 Å². The number of H-pyrrole nitrogens is 1. The normalized spacial score (nSPS) is 17.1. The number of imidazole rings is 1. The summed E-state index contributed by atoms with van der Waals surface area (Å²) in [6, 6.07) is 7.40. The van der Waals surface area contributed by atoms with E-state index in [2.05, 4.69) is 4.98 Å². The maximum absolute atomic E-state index is 12.3. The molecule has 1 aromatic heterocycles. The number of hydrogen-bond acceptors (Lipinski definition) is 3. The number of nitrogens with zero attached hydrogens (tertiary/aromatic N) is 2. The summed E-state index contributed by atoms with van der Waals surface area (Å²) >= 11 is 0. The third-order valence-electron chi connectivity index (χ3n) is 4.77. The summed E-state index contributed by atoms with van der Waals surface area (Å²) in [5.74, 6) is 0.154. The zero-order valence-electron chi connectivity index (χ0n) is 14.1. The van der Waals surface area contributed by atoms with E-state index in [4.69, 9.17) is 5.73 Å². The second kappa shape index (κ2) is 7.40. The fourth-order valence-electron chi connectivity index (χ4n) is 3.28. The number of likely N-dealkylation sites (tertiary alicyclic amines) is 1. The van der Waals surface area contributed by atoms with Crippen molar-refractivity contribution < 1.29 is 4.79 Å². The minimum atomic E-state index is -0.442. The van der Waals surface area contributed by atoms with Crippen LogP contribution in [0.15, 0.2) is 29.1 Å². The monoisotopic (exact) mass is 352 g/mol. The molecule has 6 nitrogen and oxygen atoms in total. The highest BCUT2D eigenvalue weighted by Gasteiger charge is 2.29. The minimum absolute atomic E-state index is 0. The number of benzene rings is 1. The number of fused-ring (bicyclic) bond motifs is 1. The van der Waals surface area contributed by atoms with Gasteiger partial charge in [-0.2, -0.15) is 0 Å². The first-order chi connectivity index (χ1) is 11.0. The number of para-hydroxylation sites is 2. The first-order valence-corrected chi connectivity index (χ1v) is 8.22. The lowest BCUT2D eigenvalue weighted by atomic mass is 10.00.